The summed E-state index contributed by atoms with van der Waals surface area (Å²) in [6.07, 6.45) is 3.28. The number of rotatable bonds is 8. The highest BCUT2D eigenvalue weighted by molar-refractivity contribution is 5.66. The van der Waals surface area contributed by atoms with Gasteiger partial charge in [-0.25, -0.2) is 0 Å². The number of benzene rings is 2. The van der Waals surface area contributed by atoms with Crippen LogP contribution >= 0.6 is 0 Å². The summed E-state index contributed by atoms with van der Waals surface area (Å²) >= 11 is 0. The summed E-state index contributed by atoms with van der Waals surface area (Å²) in [6, 6.07) is 17.8. The van der Waals surface area contributed by atoms with Crippen molar-refractivity contribution in [1.29, 1.82) is 0 Å². The van der Waals surface area contributed by atoms with E-state index in [-0.39, 0.29) is 6.42 Å². The topological polar surface area (TPSA) is 75.2 Å². The van der Waals surface area contributed by atoms with Gasteiger partial charge in [0.1, 0.15) is 12.4 Å². The summed E-state index contributed by atoms with van der Waals surface area (Å²) in [5, 5.41) is 15.7. The van der Waals surface area contributed by atoms with Gasteiger partial charge in [-0.2, -0.15) is 5.10 Å². The Labute approximate surface area is 146 Å². The van der Waals surface area contributed by atoms with Crippen LogP contribution in [-0.2, 0) is 17.8 Å². The van der Waals surface area contributed by atoms with Crippen molar-refractivity contribution in [3.8, 4) is 17.0 Å². The van der Waals surface area contributed by atoms with E-state index in [2.05, 4.69) is 10.2 Å². The number of carboxylic acid groups (broad SMARTS) is 1. The van der Waals surface area contributed by atoms with E-state index in [9.17, 15) is 4.79 Å². The van der Waals surface area contributed by atoms with Crippen LogP contribution in [0.3, 0.4) is 0 Å². The van der Waals surface area contributed by atoms with Crippen LogP contribution in [0.1, 0.15) is 24.0 Å². The number of carbonyl (C=O) groups is 1. The molecule has 0 amide bonds. The van der Waals surface area contributed by atoms with Crippen LogP contribution in [0, 0.1) is 0 Å². The first-order chi connectivity index (χ1) is 12.2. The van der Waals surface area contributed by atoms with Crippen molar-refractivity contribution < 1.29 is 14.6 Å². The zero-order valence-corrected chi connectivity index (χ0v) is 13.8. The number of carboxylic acids is 1. The summed E-state index contributed by atoms with van der Waals surface area (Å²) in [5.41, 5.74) is 4.25. The number of ether oxygens (including phenoxy) is 1. The van der Waals surface area contributed by atoms with Crippen LogP contribution in [0.5, 0.6) is 5.75 Å². The number of aromatic nitrogens is 2. The second kappa shape index (κ2) is 8.15. The lowest BCUT2D eigenvalue weighted by Gasteiger charge is -2.11. The Balaban J connectivity index is 1.60. The molecule has 0 saturated heterocycles. The molecule has 0 unspecified atom stereocenters. The molecule has 3 aromatic rings. The molecule has 0 spiro atoms. The van der Waals surface area contributed by atoms with Crippen LogP contribution in [0.2, 0.25) is 0 Å². The van der Waals surface area contributed by atoms with Crippen LogP contribution in [0.15, 0.2) is 60.8 Å². The number of aromatic amines is 1. The van der Waals surface area contributed by atoms with Gasteiger partial charge in [0.05, 0.1) is 5.69 Å². The van der Waals surface area contributed by atoms with Gasteiger partial charge in [-0.15, -0.1) is 0 Å². The lowest BCUT2D eigenvalue weighted by molar-refractivity contribution is -0.137. The molecule has 1 aromatic heterocycles. The molecule has 2 N–H and O–H groups in total. The summed E-state index contributed by atoms with van der Waals surface area (Å²) in [5.74, 6) is 0.0368. The molecule has 0 radical (unpaired) electrons. The zero-order chi connectivity index (χ0) is 17.5. The molecule has 0 fully saturated rings. The van der Waals surface area contributed by atoms with E-state index < -0.39 is 5.97 Å². The van der Waals surface area contributed by atoms with Crippen LogP contribution in [0.4, 0.5) is 0 Å². The van der Waals surface area contributed by atoms with Gasteiger partial charge in [-0.3, -0.25) is 9.89 Å². The molecule has 128 valence electrons. The third-order valence-electron chi connectivity index (χ3n) is 4.02. The van der Waals surface area contributed by atoms with Crippen molar-refractivity contribution in [2.45, 2.75) is 25.9 Å². The van der Waals surface area contributed by atoms with Gasteiger partial charge in [0.2, 0.25) is 0 Å². The number of hydrogen-bond donors (Lipinski definition) is 2. The smallest absolute Gasteiger partial charge is 0.303 e. The predicted molar refractivity (Wildman–Crippen MR) is 95.4 cm³/mol. The Bertz CT molecular complexity index is 811. The fourth-order valence-corrected chi connectivity index (χ4v) is 2.68. The van der Waals surface area contributed by atoms with Crippen LogP contribution in [-0.4, -0.2) is 21.3 Å². The van der Waals surface area contributed by atoms with E-state index >= 15 is 0 Å². The maximum Gasteiger partial charge on any atom is 0.303 e. The maximum atomic E-state index is 10.7. The van der Waals surface area contributed by atoms with Crippen molar-refractivity contribution >= 4 is 5.97 Å². The van der Waals surface area contributed by atoms with Crippen molar-refractivity contribution in [2.75, 3.05) is 0 Å². The molecule has 5 heteroatoms. The minimum Gasteiger partial charge on any atom is -0.489 e. The average molecular weight is 336 g/mol. The zero-order valence-electron chi connectivity index (χ0n) is 13.8. The van der Waals surface area contributed by atoms with Crippen LogP contribution in [0.25, 0.3) is 11.3 Å². The van der Waals surface area contributed by atoms with E-state index in [1.165, 1.54) is 0 Å². The highest BCUT2D eigenvalue weighted by atomic mass is 16.5. The number of hydrogen-bond acceptors (Lipinski definition) is 3. The lowest BCUT2D eigenvalue weighted by atomic mass is 10.0. The number of nitrogens with zero attached hydrogens (tertiary/aromatic N) is 1. The summed E-state index contributed by atoms with van der Waals surface area (Å²) in [4.78, 5) is 10.7. The standard InChI is InChI=1S/C20H20N2O3/c23-20(24)7-3-6-15-4-1-2-5-17(15)14-25-18-10-8-16(9-11-18)19-12-13-21-22-19/h1-2,4-5,8-13H,3,6-7,14H2,(H,21,22)(H,23,24). The molecule has 5 nitrogen and oxygen atoms in total. The molecular formula is C20H20N2O3. The number of H-pyrrole nitrogens is 1. The number of nitrogens with one attached hydrogen (secondary N) is 1. The van der Waals surface area contributed by atoms with E-state index in [0.29, 0.717) is 13.0 Å². The predicted octanol–water partition coefficient (Wildman–Crippen LogP) is 4.06. The quantitative estimate of drug-likeness (QED) is 0.650. The van der Waals surface area contributed by atoms with Gasteiger partial charge in [0, 0.05) is 12.6 Å². The highest BCUT2D eigenvalue weighted by Gasteiger charge is 2.05. The van der Waals surface area contributed by atoms with Crippen molar-refractivity contribution in [3.05, 3.63) is 71.9 Å². The average Bonchev–Trinajstić information content (AvgIpc) is 3.16. The van der Waals surface area contributed by atoms with Crippen LogP contribution < -0.4 is 4.74 Å². The highest BCUT2D eigenvalue weighted by Crippen LogP contribution is 2.21. The Hall–Kier alpha value is -3.08. The minimum absolute atomic E-state index is 0.185. The number of aliphatic carboxylic acids is 1. The van der Waals surface area contributed by atoms with E-state index in [0.717, 1.165) is 34.6 Å². The summed E-state index contributed by atoms with van der Waals surface area (Å²) in [7, 11) is 0. The fraction of sp³-hybridized carbons (Fsp3) is 0.200. The first-order valence-corrected chi connectivity index (χ1v) is 8.23. The molecule has 0 aliphatic rings. The Morgan fingerprint density at radius 3 is 2.48 bits per heavy atom. The Morgan fingerprint density at radius 1 is 1.04 bits per heavy atom. The third kappa shape index (κ3) is 4.70. The summed E-state index contributed by atoms with van der Waals surface area (Å²) < 4.78 is 5.89. The van der Waals surface area contributed by atoms with E-state index in [4.69, 9.17) is 9.84 Å². The lowest BCUT2D eigenvalue weighted by Crippen LogP contribution is -2.02. The Morgan fingerprint density at radius 2 is 1.80 bits per heavy atom. The SMILES string of the molecule is O=C(O)CCCc1ccccc1COc1ccc(-c2ccn[nH]2)cc1. The van der Waals surface area contributed by atoms with Gasteiger partial charge >= 0.3 is 5.97 Å². The maximum absolute atomic E-state index is 10.7. The Kier molecular flexibility index (Phi) is 5.46. The monoisotopic (exact) mass is 336 g/mol. The molecular weight excluding hydrogens is 316 g/mol. The first-order valence-electron chi connectivity index (χ1n) is 8.23. The molecule has 3 rings (SSSR count). The van der Waals surface area contributed by atoms with Crippen molar-refractivity contribution in [3.63, 3.8) is 0 Å². The molecule has 0 aliphatic heterocycles. The fourth-order valence-electron chi connectivity index (χ4n) is 2.68. The van der Waals surface area contributed by atoms with Crippen molar-refractivity contribution in [1.82, 2.24) is 10.2 Å². The second-order valence-corrected chi connectivity index (χ2v) is 5.80. The molecule has 25 heavy (non-hydrogen) atoms. The van der Waals surface area contributed by atoms with Gasteiger partial charge in [-0.05, 0) is 59.9 Å². The van der Waals surface area contributed by atoms with Gasteiger partial charge < -0.3 is 9.84 Å². The second-order valence-electron chi connectivity index (χ2n) is 5.80. The third-order valence-corrected chi connectivity index (χ3v) is 4.02. The molecule has 0 bridgehead atoms. The molecule has 2 aromatic carbocycles. The molecule has 0 saturated carbocycles. The summed E-state index contributed by atoms with van der Waals surface area (Å²) in [6.45, 7) is 0.465. The first kappa shape index (κ1) is 16.8. The van der Waals surface area contributed by atoms with Gasteiger partial charge in [-0.1, -0.05) is 24.3 Å². The van der Waals surface area contributed by atoms with E-state index in [1.807, 2.05) is 54.6 Å². The van der Waals surface area contributed by atoms with Gasteiger partial charge in [0.15, 0.2) is 0 Å². The van der Waals surface area contributed by atoms with Gasteiger partial charge in [0.25, 0.3) is 0 Å². The molecule has 0 atom stereocenters. The van der Waals surface area contributed by atoms with E-state index in [1.54, 1.807) is 6.20 Å². The number of aryl methyl sites for hydroxylation is 1. The molecule has 1 heterocycles. The molecule has 0 aliphatic carbocycles. The largest absolute Gasteiger partial charge is 0.489 e. The van der Waals surface area contributed by atoms with Crippen molar-refractivity contribution in [2.24, 2.45) is 0 Å². The minimum atomic E-state index is -0.758. The normalized spacial score (nSPS) is 10.6.